The van der Waals surface area contributed by atoms with Gasteiger partial charge >= 0.3 is 6.03 Å². The number of hydrogen-bond donors (Lipinski definition) is 1. The fraction of sp³-hybridized carbons (Fsp3) is 0.0870. The molecule has 1 saturated heterocycles. The van der Waals surface area contributed by atoms with E-state index in [1.54, 1.807) is 6.07 Å². The Morgan fingerprint density at radius 1 is 1.03 bits per heavy atom. The molecule has 4 rings (SSSR count). The van der Waals surface area contributed by atoms with Crippen molar-refractivity contribution in [3.8, 4) is 5.75 Å². The van der Waals surface area contributed by atoms with Gasteiger partial charge in [-0.15, -0.1) is 0 Å². The minimum atomic E-state index is -0.935. The topological polar surface area (TPSA) is 75.7 Å². The monoisotopic (exact) mass is 404 g/mol. The highest BCUT2D eigenvalue weighted by Gasteiger charge is 2.37. The van der Waals surface area contributed by atoms with Crippen LogP contribution in [0.5, 0.6) is 5.75 Å². The summed E-state index contributed by atoms with van der Waals surface area (Å²) in [6, 6.07) is 15.2. The Balaban J connectivity index is 1.87. The number of amides is 4. The molecule has 0 bridgehead atoms. The molecule has 4 amide bonds. The molecule has 0 spiro atoms. The predicted molar refractivity (Wildman–Crippen MR) is 111 cm³/mol. The van der Waals surface area contributed by atoms with Crippen molar-refractivity contribution >= 4 is 40.4 Å². The molecule has 1 heterocycles. The fourth-order valence-corrected chi connectivity index (χ4v) is 3.36. The molecule has 1 aliphatic rings. The molecule has 1 fully saturated rings. The summed E-state index contributed by atoms with van der Waals surface area (Å²) >= 11 is 0. The van der Waals surface area contributed by atoms with E-state index in [-0.39, 0.29) is 11.3 Å². The standard InChI is InChI=1S/C23H17FN2O4/c1-2-30-20-11-10-14-6-3-4-9-17(14)18(20)13-19-21(27)25-23(29)26(22(19)28)16-8-5-7-15(24)12-16/h3-13H,2H2,1H3,(H,25,27,29)/b19-13+. The van der Waals surface area contributed by atoms with Crippen LogP contribution in [0.25, 0.3) is 16.8 Å². The van der Waals surface area contributed by atoms with E-state index in [0.29, 0.717) is 17.9 Å². The van der Waals surface area contributed by atoms with Gasteiger partial charge in [0.05, 0.1) is 12.3 Å². The first-order chi connectivity index (χ1) is 14.5. The van der Waals surface area contributed by atoms with Gasteiger partial charge < -0.3 is 4.74 Å². The van der Waals surface area contributed by atoms with E-state index in [2.05, 4.69) is 5.32 Å². The smallest absolute Gasteiger partial charge is 0.335 e. The van der Waals surface area contributed by atoms with Gasteiger partial charge in [0.1, 0.15) is 17.1 Å². The number of nitrogens with one attached hydrogen (secondary N) is 1. The Labute approximate surface area is 171 Å². The van der Waals surface area contributed by atoms with Crippen molar-refractivity contribution in [3.05, 3.63) is 77.6 Å². The zero-order chi connectivity index (χ0) is 21.3. The lowest BCUT2D eigenvalue weighted by molar-refractivity contribution is -0.122. The summed E-state index contributed by atoms with van der Waals surface area (Å²) in [5.74, 6) is -1.78. The molecule has 1 aliphatic heterocycles. The Morgan fingerprint density at radius 2 is 1.83 bits per heavy atom. The highest BCUT2D eigenvalue weighted by molar-refractivity contribution is 6.39. The maximum absolute atomic E-state index is 13.6. The van der Waals surface area contributed by atoms with Crippen LogP contribution < -0.4 is 15.0 Å². The molecule has 0 unspecified atom stereocenters. The Bertz CT molecular complexity index is 1220. The van der Waals surface area contributed by atoms with Crippen molar-refractivity contribution in [2.45, 2.75) is 6.92 Å². The number of anilines is 1. The van der Waals surface area contributed by atoms with Gasteiger partial charge in [-0.05, 0) is 48.0 Å². The lowest BCUT2D eigenvalue weighted by Crippen LogP contribution is -2.54. The quantitative estimate of drug-likeness (QED) is 0.526. The number of hydrogen-bond acceptors (Lipinski definition) is 4. The molecule has 0 aromatic heterocycles. The molecular formula is C23H17FN2O4. The van der Waals surface area contributed by atoms with Crippen LogP contribution in [0.1, 0.15) is 12.5 Å². The second kappa shape index (κ2) is 7.79. The van der Waals surface area contributed by atoms with Gasteiger partial charge in [0.25, 0.3) is 11.8 Å². The Kier molecular flexibility index (Phi) is 5.02. The highest BCUT2D eigenvalue weighted by atomic mass is 19.1. The van der Waals surface area contributed by atoms with Crippen LogP contribution >= 0.6 is 0 Å². The molecule has 3 aromatic carbocycles. The van der Waals surface area contributed by atoms with Crippen LogP contribution in [0.15, 0.2) is 66.2 Å². The summed E-state index contributed by atoms with van der Waals surface area (Å²) in [5.41, 5.74) is 0.317. The van der Waals surface area contributed by atoms with E-state index in [4.69, 9.17) is 4.74 Å². The van der Waals surface area contributed by atoms with Crippen LogP contribution in [0, 0.1) is 5.82 Å². The summed E-state index contributed by atoms with van der Waals surface area (Å²) < 4.78 is 19.3. The number of rotatable bonds is 4. The SMILES string of the molecule is CCOc1ccc2ccccc2c1/C=C1\C(=O)NC(=O)N(c2cccc(F)c2)C1=O. The van der Waals surface area contributed by atoms with Crippen molar-refractivity contribution in [1.29, 1.82) is 0 Å². The summed E-state index contributed by atoms with van der Waals surface area (Å²) in [5, 5.41) is 3.82. The minimum Gasteiger partial charge on any atom is -0.493 e. The van der Waals surface area contributed by atoms with E-state index >= 15 is 0 Å². The maximum Gasteiger partial charge on any atom is 0.335 e. The summed E-state index contributed by atoms with van der Waals surface area (Å²) in [6.07, 6.45) is 1.41. The van der Waals surface area contributed by atoms with Crippen molar-refractivity contribution < 1.29 is 23.5 Å². The van der Waals surface area contributed by atoms with Crippen LogP contribution in [0.4, 0.5) is 14.9 Å². The average molecular weight is 404 g/mol. The number of halogens is 1. The predicted octanol–water partition coefficient (Wildman–Crippen LogP) is 4.04. The summed E-state index contributed by atoms with van der Waals surface area (Å²) in [6.45, 7) is 2.22. The molecule has 3 aromatic rings. The molecule has 7 heteroatoms. The third kappa shape index (κ3) is 3.41. The molecule has 0 aliphatic carbocycles. The minimum absolute atomic E-state index is 0.0267. The lowest BCUT2D eigenvalue weighted by Gasteiger charge is -2.26. The zero-order valence-electron chi connectivity index (χ0n) is 16.0. The number of barbiturate groups is 1. The Morgan fingerprint density at radius 3 is 2.60 bits per heavy atom. The average Bonchev–Trinajstić information content (AvgIpc) is 2.72. The Hall–Kier alpha value is -4.00. The van der Waals surface area contributed by atoms with Gasteiger partial charge in [0.2, 0.25) is 0 Å². The number of nitrogens with zero attached hydrogens (tertiary/aromatic N) is 1. The highest BCUT2D eigenvalue weighted by Crippen LogP contribution is 2.32. The number of ether oxygens (including phenoxy) is 1. The lowest BCUT2D eigenvalue weighted by atomic mass is 9.99. The van der Waals surface area contributed by atoms with E-state index in [9.17, 15) is 18.8 Å². The van der Waals surface area contributed by atoms with Gasteiger partial charge in [-0.2, -0.15) is 0 Å². The third-order valence-corrected chi connectivity index (χ3v) is 4.69. The number of imide groups is 2. The molecule has 1 N–H and O–H groups in total. The third-order valence-electron chi connectivity index (χ3n) is 4.69. The van der Waals surface area contributed by atoms with Crippen LogP contribution in [0.2, 0.25) is 0 Å². The van der Waals surface area contributed by atoms with Crippen LogP contribution in [-0.2, 0) is 9.59 Å². The summed E-state index contributed by atoms with van der Waals surface area (Å²) in [4.78, 5) is 38.6. The van der Waals surface area contributed by atoms with Gasteiger partial charge in [0, 0.05) is 5.56 Å². The van der Waals surface area contributed by atoms with Gasteiger partial charge in [0.15, 0.2) is 0 Å². The number of benzene rings is 3. The van der Waals surface area contributed by atoms with E-state index in [1.165, 1.54) is 24.3 Å². The number of fused-ring (bicyclic) bond motifs is 1. The van der Waals surface area contributed by atoms with Gasteiger partial charge in [-0.3, -0.25) is 14.9 Å². The van der Waals surface area contributed by atoms with E-state index in [1.807, 2.05) is 37.3 Å². The van der Waals surface area contributed by atoms with Crippen molar-refractivity contribution in [2.75, 3.05) is 11.5 Å². The van der Waals surface area contributed by atoms with Crippen molar-refractivity contribution in [2.24, 2.45) is 0 Å². The molecular weight excluding hydrogens is 387 g/mol. The fourth-order valence-electron chi connectivity index (χ4n) is 3.36. The first-order valence-corrected chi connectivity index (χ1v) is 9.31. The first kappa shape index (κ1) is 19.3. The first-order valence-electron chi connectivity index (χ1n) is 9.31. The largest absolute Gasteiger partial charge is 0.493 e. The van der Waals surface area contributed by atoms with Gasteiger partial charge in [-0.25, -0.2) is 14.1 Å². The van der Waals surface area contributed by atoms with Gasteiger partial charge in [-0.1, -0.05) is 36.4 Å². The number of carbonyl (C=O) groups excluding carboxylic acids is 3. The van der Waals surface area contributed by atoms with Crippen molar-refractivity contribution in [3.63, 3.8) is 0 Å². The molecule has 6 nitrogen and oxygen atoms in total. The second-order valence-electron chi connectivity index (χ2n) is 6.57. The zero-order valence-corrected chi connectivity index (χ0v) is 16.0. The van der Waals surface area contributed by atoms with Crippen LogP contribution in [-0.4, -0.2) is 24.5 Å². The molecule has 0 radical (unpaired) electrons. The van der Waals surface area contributed by atoms with E-state index < -0.39 is 23.7 Å². The number of urea groups is 1. The summed E-state index contributed by atoms with van der Waals surface area (Å²) in [7, 11) is 0. The molecule has 0 atom stereocenters. The molecule has 0 saturated carbocycles. The number of carbonyl (C=O) groups is 3. The normalized spacial score (nSPS) is 15.6. The second-order valence-corrected chi connectivity index (χ2v) is 6.57. The van der Waals surface area contributed by atoms with E-state index in [0.717, 1.165) is 21.7 Å². The molecule has 30 heavy (non-hydrogen) atoms. The van der Waals surface area contributed by atoms with Crippen molar-refractivity contribution in [1.82, 2.24) is 5.32 Å². The maximum atomic E-state index is 13.6. The molecule has 150 valence electrons. The van der Waals surface area contributed by atoms with Crippen LogP contribution in [0.3, 0.4) is 0 Å².